The Balaban J connectivity index is 1.37. The molecule has 1 unspecified atom stereocenters. The maximum Gasteiger partial charge on any atom is 0.511 e. The molecule has 1 aliphatic rings. The van der Waals surface area contributed by atoms with Crippen LogP contribution in [0.15, 0.2) is 64.8 Å². The Morgan fingerprint density at radius 1 is 1.10 bits per heavy atom. The zero-order chi connectivity index (χ0) is 35.2. The Kier molecular flexibility index (Phi) is 11.0. The van der Waals surface area contributed by atoms with Gasteiger partial charge in [0.05, 0.1) is 33.9 Å². The lowest BCUT2D eigenvalue weighted by atomic mass is 10.1. The fourth-order valence-electron chi connectivity index (χ4n) is 4.53. The summed E-state index contributed by atoms with van der Waals surface area (Å²) in [5, 5.41) is 20.6. The van der Waals surface area contributed by atoms with Gasteiger partial charge in [-0.3, -0.25) is 4.84 Å². The summed E-state index contributed by atoms with van der Waals surface area (Å²) in [7, 11) is -4.47. The number of hydrazine groups is 1. The third kappa shape index (κ3) is 9.26. The number of ether oxygens (including phenoxy) is 3. The van der Waals surface area contributed by atoms with Crippen LogP contribution in [0.2, 0.25) is 0 Å². The van der Waals surface area contributed by atoms with Gasteiger partial charge in [0, 0.05) is 12.5 Å². The van der Waals surface area contributed by atoms with Crippen molar-refractivity contribution in [2.45, 2.75) is 70.0 Å². The van der Waals surface area contributed by atoms with Crippen molar-refractivity contribution in [2.24, 2.45) is 5.28 Å². The van der Waals surface area contributed by atoms with Gasteiger partial charge < -0.3 is 19.4 Å². The van der Waals surface area contributed by atoms with Crippen LogP contribution < -0.4 is 4.72 Å². The van der Waals surface area contributed by atoms with Gasteiger partial charge in [0.15, 0.2) is 5.69 Å². The van der Waals surface area contributed by atoms with Gasteiger partial charge in [-0.1, -0.05) is 29.8 Å². The highest BCUT2D eigenvalue weighted by Gasteiger charge is 2.36. The molecule has 2 heterocycles. The van der Waals surface area contributed by atoms with Crippen LogP contribution in [0.25, 0.3) is 16.9 Å². The van der Waals surface area contributed by atoms with Crippen LogP contribution in [-0.4, -0.2) is 72.0 Å². The zero-order valence-electron chi connectivity index (χ0n) is 26.2. The first-order valence-electron chi connectivity index (χ1n) is 14.6. The number of hydrogen-bond donors (Lipinski definition) is 1. The van der Waals surface area contributed by atoms with E-state index in [2.05, 4.69) is 10.4 Å². The Labute approximate surface area is 273 Å². The predicted molar refractivity (Wildman–Crippen MR) is 159 cm³/mol. The van der Waals surface area contributed by atoms with E-state index in [1.54, 1.807) is 42.8 Å². The third-order valence-corrected chi connectivity index (χ3v) is 8.12. The van der Waals surface area contributed by atoms with Crippen molar-refractivity contribution in [2.75, 3.05) is 13.2 Å². The minimum Gasteiger partial charge on any atom is -0.569 e. The van der Waals surface area contributed by atoms with Gasteiger partial charge in [-0.2, -0.15) is 18.3 Å². The molecule has 0 saturated carbocycles. The molecule has 4 rings (SSSR count). The van der Waals surface area contributed by atoms with E-state index < -0.39 is 52.6 Å². The lowest BCUT2D eigenvalue weighted by Gasteiger charge is -2.20. The van der Waals surface area contributed by atoms with Gasteiger partial charge >= 0.3 is 18.4 Å². The SMILES string of the molecule is Cc1ccc(-c2cc(C(F)(F)F)nn2-c2ccc(S(=O)(=O)NC(=O)OC[C@@H]3CCCN3/[N+]([O-])=N/OC(C)OC(=O)OC(C)C)cc2)cc1. The molecule has 1 fully saturated rings. The number of halogens is 3. The lowest BCUT2D eigenvalue weighted by Crippen LogP contribution is -2.40. The highest BCUT2D eigenvalue weighted by atomic mass is 32.2. The second-order valence-electron chi connectivity index (χ2n) is 10.9. The number of amides is 1. The largest absolute Gasteiger partial charge is 0.569 e. The molecule has 0 bridgehead atoms. The van der Waals surface area contributed by atoms with Gasteiger partial charge in [-0.25, -0.2) is 27.4 Å². The van der Waals surface area contributed by atoms with Crippen LogP contribution in [0, 0.1) is 12.1 Å². The topological polar surface area (TPSA) is 177 Å². The van der Waals surface area contributed by atoms with E-state index in [0.29, 0.717) is 18.4 Å². The zero-order valence-corrected chi connectivity index (χ0v) is 27.0. The van der Waals surface area contributed by atoms with Crippen LogP contribution in [0.5, 0.6) is 0 Å². The second kappa shape index (κ2) is 14.8. The molecule has 0 radical (unpaired) electrons. The minimum absolute atomic E-state index is 0.104. The lowest BCUT2D eigenvalue weighted by molar-refractivity contribution is -0.716. The van der Waals surface area contributed by atoms with E-state index in [-0.39, 0.29) is 34.4 Å². The molecule has 19 heteroatoms. The van der Waals surface area contributed by atoms with Gasteiger partial charge in [0.1, 0.15) is 12.6 Å². The van der Waals surface area contributed by atoms with E-state index in [9.17, 15) is 36.4 Å². The van der Waals surface area contributed by atoms with Crippen molar-refractivity contribution in [3.63, 3.8) is 0 Å². The standard InChI is InChI=1S/C29H33F3N6O9S/c1-18(2)45-28(40)46-20(4)47-35-38(41)36-15-5-6-23(36)17-44-27(39)34-48(42,43)24-13-11-22(12-14-24)37-25(16-26(33-37)29(30,31)32)21-9-7-19(3)8-10-21/h7-14,16,18,20,23H,5-6,15,17H2,1-4H3,(H,34,39)/b38-35-/t20?,23-/m0/s1. The predicted octanol–water partition coefficient (Wildman–Crippen LogP) is 5.46. The Morgan fingerprint density at radius 2 is 1.77 bits per heavy atom. The second-order valence-corrected chi connectivity index (χ2v) is 12.6. The van der Waals surface area contributed by atoms with Crippen molar-refractivity contribution in [3.05, 3.63) is 71.1 Å². The maximum atomic E-state index is 13.5. The molecule has 1 aliphatic heterocycles. The third-order valence-electron chi connectivity index (χ3n) is 6.79. The number of sulfonamides is 1. The van der Waals surface area contributed by atoms with Crippen molar-refractivity contribution in [1.82, 2.24) is 19.5 Å². The van der Waals surface area contributed by atoms with E-state index in [4.69, 9.17) is 19.0 Å². The molecule has 2 aromatic carbocycles. The summed E-state index contributed by atoms with van der Waals surface area (Å²) in [6.07, 6.45) is -7.82. The van der Waals surface area contributed by atoms with E-state index >= 15 is 0 Å². The fraction of sp³-hybridized carbons (Fsp3) is 0.414. The summed E-state index contributed by atoms with van der Waals surface area (Å²) in [4.78, 5) is 28.5. The summed E-state index contributed by atoms with van der Waals surface area (Å²) in [6.45, 7) is 6.20. The number of rotatable bonds is 11. The van der Waals surface area contributed by atoms with Crippen molar-refractivity contribution < 1.29 is 55.2 Å². The molecule has 2 atom stereocenters. The summed E-state index contributed by atoms with van der Waals surface area (Å²) in [5.74, 6) is 0. The number of carbonyl (C=O) groups excluding carboxylic acids is 2. The van der Waals surface area contributed by atoms with Crippen molar-refractivity contribution >= 4 is 22.3 Å². The summed E-state index contributed by atoms with van der Waals surface area (Å²) in [5.41, 5.74) is 0.495. The van der Waals surface area contributed by atoms with Crippen LogP contribution in [0.1, 0.15) is 44.9 Å². The Morgan fingerprint density at radius 3 is 2.40 bits per heavy atom. The average Bonchev–Trinajstić information content (AvgIpc) is 3.67. The fourth-order valence-corrected chi connectivity index (χ4v) is 5.42. The van der Waals surface area contributed by atoms with Crippen molar-refractivity contribution in [3.8, 4) is 16.9 Å². The molecule has 3 aromatic rings. The molecule has 1 amide bonds. The van der Waals surface area contributed by atoms with Crippen molar-refractivity contribution in [1.29, 1.82) is 0 Å². The number of hydrogen-bond acceptors (Lipinski definition) is 11. The molecule has 1 aromatic heterocycles. The number of aromatic nitrogens is 2. The van der Waals surface area contributed by atoms with E-state index in [1.165, 1.54) is 24.1 Å². The summed E-state index contributed by atoms with van der Waals surface area (Å²) >= 11 is 0. The number of nitrogens with one attached hydrogen (secondary N) is 1. The van der Waals surface area contributed by atoms with Gasteiger partial charge in [0.2, 0.25) is 5.28 Å². The first-order chi connectivity index (χ1) is 22.5. The maximum absolute atomic E-state index is 13.5. The molecule has 0 spiro atoms. The van der Waals surface area contributed by atoms with Crippen LogP contribution in [0.4, 0.5) is 22.8 Å². The Bertz CT molecular complexity index is 1730. The molecule has 1 N–H and O–H groups in total. The number of nitrogens with zero attached hydrogens (tertiary/aromatic N) is 5. The summed E-state index contributed by atoms with van der Waals surface area (Å²) < 4.78 is 83.7. The molecule has 0 aliphatic carbocycles. The number of aryl methyl sites for hydroxylation is 1. The molecule has 48 heavy (non-hydrogen) atoms. The van der Waals surface area contributed by atoms with Gasteiger partial charge in [-0.15, -0.1) is 5.01 Å². The van der Waals surface area contributed by atoms with Crippen LogP contribution in [0.3, 0.4) is 0 Å². The summed E-state index contributed by atoms with van der Waals surface area (Å²) in [6, 6.07) is 11.7. The molecule has 260 valence electrons. The first-order valence-corrected chi connectivity index (χ1v) is 16.0. The number of carbonyl (C=O) groups is 2. The molecule has 15 nitrogen and oxygen atoms in total. The monoisotopic (exact) mass is 698 g/mol. The number of benzene rings is 2. The smallest absolute Gasteiger partial charge is 0.511 e. The highest BCUT2D eigenvalue weighted by Crippen LogP contribution is 2.33. The molecular weight excluding hydrogens is 665 g/mol. The van der Waals surface area contributed by atoms with Gasteiger partial charge in [0.25, 0.3) is 16.3 Å². The molecule has 1 saturated heterocycles. The normalized spacial score (nSPS) is 16.0. The van der Waals surface area contributed by atoms with Crippen LogP contribution >= 0.6 is 0 Å². The highest BCUT2D eigenvalue weighted by molar-refractivity contribution is 7.90. The van der Waals surface area contributed by atoms with E-state index in [0.717, 1.165) is 28.4 Å². The van der Waals surface area contributed by atoms with E-state index in [1.807, 2.05) is 6.92 Å². The average molecular weight is 699 g/mol. The Hall–Kier alpha value is -5.07. The van der Waals surface area contributed by atoms with Gasteiger partial charge in [-0.05, 0) is 63.9 Å². The first kappa shape index (κ1) is 35.8. The molecular formula is C29H33F3N6O9S. The quantitative estimate of drug-likeness (QED) is 0.0884. The van der Waals surface area contributed by atoms with Crippen LogP contribution in [-0.2, 0) is 35.2 Å². The number of alkyl halides is 3. The minimum atomic E-state index is -4.72.